The Labute approximate surface area is 196 Å². The van der Waals surface area contributed by atoms with Gasteiger partial charge in [0, 0.05) is 6.04 Å². The maximum Gasteiger partial charge on any atom is 0.323 e. The summed E-state index contributed by atoms with van der Waals surface area (Å²) < 4.78 is 35.1. The predicted octanol–water partition coefficient (Wildman–Crippen LogP) is 2.91. The number of ether oxygens (including phenoxy) is 1. The molecule has 13 heteroatoms. The number of aliphatic carboxylic acids is 1. The number of carbonyl (C=O) groups is 1. The second kappa shape index (κ2) is 10.1. The summed E-state index contributed by atoms with van der Waals surface area (Å²) >= 11 is 0. The lowest BCUT2D eigenvalue weighted by atomic mass is 10.1. The van der Waals surface area contributed by atoms with Gasteiger partial charge in [-0.05, 0) is 45.4 Å². The monoisotopic (exact) mass is 493 g/mol. The zero-order chi connectivity index (χ0) is 25.1. The summed E-state index contributed by atoms with van der Waals surface area (Å²) in [6.07, 6.45) is 2.15. The molecule has 0 aliphatic rings. The molecule has 1 aromatic carbocycles. The lowest BCUT2D eigenvalue weighted by Crippen LogP contribution is -2.47. The fraction of sp³-hybridized carbons (Fsp3) is 0.429. The van der Waals surface area contributed by atoms with Crippen molar-refractivity contribution in [2.75, 3.05) is 12.1 Å². The van der Waals surface area contributed by atoms with Gasteiger partial charge in [0.15, 0.2) is 11.5 Å². The van der Waals surface area contributed by atoms with Crippen molar-refractivity contribution in [1.82, 2.24) is 29.7 Å². The molecule has 34 heavy (non-hydrogen) atoms. The van der Waals surface area contributed by atoms with Crippen LogP contribution in [0.2, 0.25) is 0 Å². The number of rotatable bonds is 11. The molecule has 0 fully saturated rings. The molecule has 2 heterocycles. The number of benzene rings is 1. The first-order chi connectivity index (χ1) is 15.9. The molecule has 0 aliphatic carbocycles. The molecule has 0 spiro atoms. The topological polar surface area (TPSA) is 157 Å². The van der Waals surface area contributed by atoms with Crippen LogP contribution in [-0.2, 0) is 20.6 Å². The standard InChI is InChI=1S/C21H29FN7O4P/c1-13(9-29-11-26-17-18(23)24-10-25-19(17)29)33-12-34(32,28-21(3,4)20(30)31)27-14(2)15-6-5-7-16(22)8-15/h5-8,10-11,13-14H,9,12H2,1-4H3,(H,30,31)(H2,23,24,25)(H2,27,28,32)/t13-,14-,34?/m1/s1. The molecule has 2 aromatic heterocycles. The van der Waals surface area contributed by atoms with Crippen LogP contribution in [0, 0.1) is 5.82 Å². The minimum Gasteiger partial charge on any atom is -0.480 e. The molecule has 0 radical (unpaired) electrons. The van der Waals surface area contributed by atoms with Gasteiger partial charge < -0.3 is 20.1 Å². The number of nitrogens with two attached hydrogens (primary N) is 1. The highest BCUT2D eigenvalue weighted by Crippen LogP contribution is 2.42. The van der Waals surface area contributed by atoms with Crippen molar-refractivity contribution in [1.29, 1.82) is 0 Å². The van der Waals surface area contributed by atoms with Gasteiger partial charge in [-0.1, -0.05) is 12.1 Å². The van der Waals surface area contributed by atoms with Gasteiger partial charge in [0.1, 0.15) is 29.5 Å². The van der Waals surface area contributed by atoms with Gasteiger partial charge in [-0.3, -0.25) is 9.36 Å². The summed E-state index contributed by atoms with van der Waals surface area (Å²) in [6.45, 7) is 6.62. The lowest BCUT2D eigenvalue weighted by molar-refractivity contribution is -0.142. The molecule has 184 valence electrons. The van der Waals surface area contributed by atoms with Gasteiger partial charge in [-0.15, -0.1) is 0 Å². The number of fused-ring (bicyclic) bond motifs is 1. The molecular weight excluding hydrogens is 464 g/mol. The number of hydrogen-bond acceptors (Lipinski definition) is 7. The van der Waals surface area contributed by atoms with Crippen LogP contribution < -0.4 is 15.9 Å². The lowest BCUT2D eigenvalue weighted by Gasteiger charge is -2.32. The number of nitrogen functional groups attached to an aromatic ring is 1. The van der Waals surface area contributed by atoms with E-state index in [1.54, 1.807) is 36.9 Å². The summed E-state index contributed by atoms with van der Waals surface area (Å²) in [4.78, 5) is 24.0. The Morgan fingerprint density at radius 3 is 2.74 bits per heavy atom. The number of hydrogen-bond donors (Lipinski definition) is 4. The van der Waals surface area contributed by atoms with E-state index < -0.39 is 36.9 Å². The number of halogens is 1. The molecule has 3 atom stereocenters. The van der Waals surface area contributed by atoms with Crippen LogP contribution in [0.25, 0.3) is 11.2 Å². The van der Waals surface area contributed by atoms with Gasteiger partial charge >= 0.3 is 5.97 Å². The van der Waals surface area contributed by atoms with Gasteiger partial charge in [0.05, 0.1) is 19.0 Å². The summed E-state index contributed by atoms with van der Waals surface area (Å²) in [6, 6.07) is 5.33. The van der Waals surface area contributed by atoms with E-state index in [0.717, 1.165) is 0 Å². The Bertz CT molecular complexity index is 1220. The smallest absolute Gasteiger partial charge is 0.323 e. The van der Waals surface area contributed by atoms with Crippen molar-refractivity contribution in [3.8, 4) is 0 Å². The van der Waals surface area contributed by atoms with Crippen molar-refractivity contribution in [2.45, 2.75) is 51.9 Å². The zero-order valence-corrected chi connectivity index (χ0v) is 20.3. The van der Waals surface area contributed by atoms with Crippen LogP contribution in [0.15, 0.2) is 36.9 Å². The van der Waals surface area contributed by atoms with E-state index in [1.165, 1.54) is 32.3 Å². The fourth-order valence-corrected chi connectivity index (χ4v) is 5.80. The molecule has 0 aliphatic heterocycles. The number of aromatic nitrogens is 4. The van der Waals surface area contributed by atoms with Crippen molar-refractivity contribution in [3.63, 3.8) is 0 Å². The average Bonchev–Trinajstić information content (AvgIpc) is 3.16. The van der Waals surface area contributed by atoms with Gasteiger partial charge in [-0.2, -0.15) is 0 Å². The second-order valence-electron chi connectivity index (χ2n) is 8.62. The second-order valence-corrected chi connectivity index (χ2v) is 10.8. The highest BCUT2D eigenvalue weighted by Gasteiger charge is 2.37. The number of nitrogens with one attached hydrogen (secondary N) is 2. The van der Waals surface area contributed by atoms with Crippen LogP contribution >= 0.6 is 7.44 Å². The average molecular weight is 493 g/mol. The summed E-state index contributed by atoms with van der Waals surface area (Å²) in [5.41, 5.74) is 5.88. The van der Waals surface area contributed by atoms with Crippen LogP contribution in [0.4, 0.5) is 10.2 Å². The number of imidazole rings is 1. The van der Waals surface area contributed by atoms with Crippen LogP contribution in [0.5, 0.6) is 0 Å². The van der Waals surface area contributed by atoms with Crippen molar-refractivity contribution >= 4 is 30.4 Å². The fourth-order valence-electron chi connectivity index (χ4n) is 3.36. The third kappa shape index (κ3) is 6.15. The number of carboxylic acids is 1. The Morgan fingerprint density at radius 1 is 1.32 bits per heavy atom. The van der Waals surface area contributed by atoms with Crippen LogP contribution in [0.1, 0.15) is 39.3 Å². The quantitative estimate of drug-likeness (QED) is 0.293. The van der Waals surface area contributed by atoms with E-state index in [4.69, 9.17) is 10.5 Å². The molecule has 0 saturated heterocycles. The predicted molar refractivity (Wildman–Crippen MR) is 126 cm³/mol. The molecule has 3 aromatic rings. The minimum atomic E-state index is -3.63. The zero-order valence-electron chi connectivity index (χ0n) is 19.4. The van der Waals surface area contributed by atoms with E-state index in [1.807, 2.05) is 0 Å². The Hall–Kier alpha value is -2.92. The molecule has 1 unspecified atom stereocenters. The highest BCUT2D eigenvalue weighted by molar-refractivity contribution is 7.59. The first kappa shape index (κ1) is 25.7. The van der Waals surface area contributed by atoms with Crippen LogP contribution in [-0.4, -0.2) is 48.6 Å². The van der Waals surface area contributed by atoms with E-state index >= 15 is 0 Å². The van der Waals surface area contributed by atoms with E-state index in [9.17, 15) is 18.9 Å². The molecule has 0 bridgehead atoms. The third-order valence-corrected chi connectivity index (χ3v) is 7.41. The first-order valence-electron chi connectivity index (χ1n) is 10.6. The van der Waals surface area contributed by atoms with Gasteiger partial charge in [-0.25, -0.2) is 29.5 Å². The number of anilines is 1. The van der Waals surface area contributed by atoms with E-state index in [2.05, 4.69) is 25.1 Å². The third-order valence-electron chi connectivity index (χ3n) is 5.17. The summed E-state index contributed by atoms with van der Waals surface area (Å²) in [5.74, 6) is -1.35. The highest BCUT2D eigenvalue weighted by atomic mass is 31.2. The Morgan fingerprint density at radius 2 is 2.06 bits per heavy atom. The van der Waals surface area contributed by atoms with Crippen LogP contribution in [0.3, 0.4) is 0 Å². The molecule has 0 amide bonds. The molecular formula is C21H29FN7O4P. The molecule has 0 saturated carbocycles. The molecule has 3 rings (SSSR count). The van der Waals surface area contributed by atoms with Crippen molar-refractivity contribution in [2.24, 2.45) is 0 Å². The summed E-state index contributed by atoms with van der Waals surface area (Å²) in [7, 11) is -3.63. The first-order valence-corrected chi connectivity index (χ1v) is 12.5. The maximum atomic E-state index is 13.8. The number of carboxylic acid groups (broad SMARTS) is 1. The van der Waals surface area contributed by atoms with Gasteiger partial charge in [0.2, 0.25) is 7.44 Å². The van der Waals surface area contributed by atoms with Crippen molar-refractivity contribution in [3.05, 3.63) is 48.3 Å². The van der Waals surface area contributed by atoms with Gasteiger partial charge in [0.25, 0.3) is 0 Å². The Balaban J connectivity index is 1.75. The Kier molecular flexibility index (Phi) is 7.67. The number of nitrogens with zero attached hydrogens (tertiary/aromatic N) is 4. The summed E-state index contributed by atoms with van der Waals surface area (Å²) in [5, 5.41) is 15.2. The molecule has 11 nitrogen and oxygen atoms in total. The van der Waals surface area contributed by atoms with Crippen molar-refractivity contribution < 1.29 is 23.6 Å². The minimum absolute atomic E-state index is 0.262. The van der Waals surface area contributed by atoms with E-state index in [0.29, 0.717) is 23.3 Å². The normalized spacial score (nSPS) is 15.7. The SMILES string of the molecule is C[C@H](Cn1cnc2c(N)ncnc21)OCP(=O)(N[C@H](C)c1cccc(F)c1)NC(C)(C)C(=O)O. The van der Waals surface area contributed by atoms with E-state index in [-0.39, 0.29) is 12.2 Å². The molecule has 5 N–H and O–H groups in total. The largest absolute Gasteiger partial charge is 0.480 e. The maximum absolute atomic E-state index is 13.8.